The van der Waals surface area contributed by atoms with Gasteiger partial charge in [0.05, 0.1) is 0 Å². The van der Waals surface area contributed by atoms with Crippen LogP contribution in [-0.2, 0) is 0 Å². The van der Waals surface area contributed by atoms with Crippen molar-refractivity contribution in [3.63, 3.8) is 0 Å². The van der Waals surface area contributed by atoms with Crippen LogP contribution in [0.25, 0.3) is 0 Å². The second-order valence-corrected chi connectivity index (χ2v) is 5.95. The van der Waals surface area contributed by atoms with Gasteiger partial charge >= 0.3 is 0 Å². The van der Waals surface area contributed by atoms with E-state index in [0.29, 0.717) is 11.6 Å². The lowest BCUT2D eigenvalue weighted by molar-refractivity contribution is 0.502. The van der Waals surface area contributed by atoms with Gasteiger partial charge in [-0.2, -0.15) is 0 Å². The third kappa shape index (κ3) is 3.90. The number of hydrogen-bond acceptors (Lipinski definition) is 2. The molecule has 0 saturated heterocycles. The maximum absolute atomic E-state index is 13.3. The van der Waals surface area contributed by atoms with E-state index in [9.17, 15) is 4.39 Å². The molecule has 0 heterocycles. The fourth-order valence-electron chi connectivity index (χ4n) is 2.70. The van der Waals surface area contributed by atoms with Crippen LogP contribution in [0.15, 0.2) is 18.2 Å². The second kappa shape index (κ2) is 6.33. The molecule has 0 radical (unpaired) electrons. The first-order chi connectivity index (χ1) is 9.06. The van der Waals surface area contributed by atoms with Gasteiger partial charge in [-0.3, -0.25) is 0 Å². The second-order valence-electron chi connectivity index (χ2n) is 5.51. The zero-order chi connectivity index (χ0) is 13.8. The van der Waals surface area contributed by atoms with Crippen LogP contribution < -0.4 is 11.1 Å². The minimum atomic E-state index is -0.303. The van der Waals surface area contributed by atoms with Gasteiger partial charge in [-0.1, -0.05) is 32.0 Å². The summed E-state index contributed by atoms with van der Waals surface area (Å²) in [6.45, 7) is 2.31. The van der Waals surface area contributed by atoms with Gasteiger partial charge in [-0.05, 0) is 43.4 Å². The Labute approximate surface area is 119 Å². The Kier molecular flexibility index (Phi) is 4.75. The number of nitrogens with one attached hydrogen (secondary N) is 1. The summed E-state index contributed by atoms with van der Waals surface area (Å²) >= 11 is 4.99. The van der Waals surface area contributed by atoms with E-state index in [-0.39, 0.29) is 10.8 Å². The van der Waals surface area contributed by atoms with Crippen molar-refractivity contribution in [2.45, 2.75) is 45.1 Å². The average molecular weight is 280 g/mol. The molecule has 0 aliphatic heterocycles. The summed E-state index contributed by atoms with van der Waals surface area (Å²) in [7, 11) is 0. The van der Waals surface area contributed by atoms with E-state index in [0.717, 1.165) is 24.4 Å². The van der Waals surface area contributed by atoms with Gasteiger partial charge in [0.15, 0.2) is 0 Å². The molecule has 19 heavy (non-hydrogen) atoms. The van der Waals surface area contributed by atoms with Gasteiger partial charge in [-0.15, -0.1) is 0 Å². The minimum absolute atomic E-state index is 0.240. The molecule has 0 bridgehead atoms. The minimum Gasteiger partial charge on any atom is -0.389 e. The molecule has 1 saturated carbocycles. The van der Waals surface area contributed by atoms with Crippen LogP contribution in [0.4, 0.5) is 10.1 Å². The Balaban J connectivity index is 2.12. The van der Waals surface area contributed by atoms with Gasteiger partial charge < -0.3 is 11.1 Å². The number of hydrogen-bond donors (Lipinski definition) is 2. The van der Waals surface area contributed by atoms with Crippen LogP contribution in [0.3, 0.4) is 0 Å². The average Bonchev–Trinajstić information content (AvgIpc) is 2.56. The Morgan fingerprint density at radius 1 is 1.32 bits per heavy atom. The van der Waals surface area contributed by atoms with E-state index in [1.54, 1.807) is 6.07 Å². The highest BCUT2D eigenvalue weighted by molar-refractivity contribution is 7.80. The molecule has 2 nitrogen and oxygen atoms in total. The lowest BCUT2D eigenvalue weighted by atomic mass is 10.0. The highest BCUT2D eigenvalue weighted by atomic mass is 32.1. The quantitative estimate of drug-likeness (QED) is 0.652. The number of benzene rings is 1. The maximum Gasteiger partial charge on any atom is 0.124 e. The van der Waals surface area contributed by atoms with Crippen molar-refractivity contribution in [3.05, 3.63) is 29.6 Å². The highest BCUT2D eigenvalue weighted by Crippen LogP contribution is 2.26. The predicted molar refractivity (Wildman–Crippen MR) is 81.9 cm³/mol. The van der Waals surface area contributed by atoms with Crippen molar-refractivity contribution < 1.29 is 4.39 Å². The fourth-order valence-corrected chi connectivity index (χ4v) is 2.87. The molecule has 1 aromatic rings. The monoisotopic (exact) mass is 280 g/mol. The first kappa shape index (κ1) is 14.3. The summed E-state index contributed by atoms with van der Waals surface area (Å²) in [6.07, 6.45) is 6.07. The zero-order valence-electron chi connectivity index (χ0n) is 11.3. The zero-order valence-corrected chi connectivity index (χ0v) is 12.1. The number of nitrogens with two attached hydrogens (primary N) is 1. The van der Waals surface area contributed by atoms with Crippen molar-refractivity contribution in [2.24, 2.45) is 11.7 Å². The molecule has 3 N–H and O–H groups in total. The summed E-state index contributed by atoms with van der Waals surface area (Å²) in [6, 6.07) is 5.02. The molecule has 2 rings (SSSR count). The lowest BCUT2D eigenvalue weighted by Gasteiger charge is -2.20. The van der Waals surface area contributed by atoms with Gasteiger partial charge in [0, 0.05) is 17.3 Å². The summed E-state index contributed by atoms with van der Waals surface area (Å²) in [4.78, 5) is 0.240. The van der Waals surface area contributed by atoms with Crippen molar-refractivity contribution >= 4 is 22.9 Å². The van der Waals surface area contributed by atoms with Crippen molar-refractivity contribution in [3.8, 4) is 0 Å². The third-order valence-electron chi connectivity index (χ3n) is 3.86. The molecule has 0 amide bonds. The first-order valence-electron chi connectivity index (χ1n) is 6.92. The molecule has 1 aliphatic carbocycles. The van der Waals surface area contributed by atoms with E-state index >= 15 is 0 Å². The van der Waals surface area contributed by atoms with E-state index < -0.39 is 0 Å². The van der Waals surface area contributed by atoms with E-state index in [1.807, 2.05) is 0 Å². The lowest BCUT2D eigenvalue weighted by Crippen LogP contribution is -2.21. The molecule has 1 fully saturated rings. The molecule has 1 aliphatic rings. The molecule has 0 aromatic heterocycles. The molecular formula is C15H21FN2S. The Morgan fingerprint density at radius 2 is 2.11 bits per heavy atom. The molecular weight excluding hydrogens is 259 g/mol. The van der Waals surface area contributed by atoms with E-state index in [4.69, 9.17) is 18.0 Å². The molecule has 0 spiro atoms. The topological polar surface area (TPSA) is 38.0 Å². The molecule has 1 aromatic carbocycles. The Hall–Kier alpha value is -1.16. The van der Waals surface area contributed by atoms with Crippen LogP contribution in [0.5, 0.6) is 0 Å². The van der Waals surface area contributed by atoms with Gasteiger partial charge in [0.1, 0.15) is 10.8 Å². The van der Waals surface area contributed by atoms with Crippen LogP contribution in [-0.4, -0.2) is 11.0 Å². The number of rotatable bonds is 3. The van der Waals surface area contributed by atoms with Crippen LogP contribution >= 0.6 is 12.2 Å². The number of halogens is 1. The SMILES string of the molecule is CC1CCCC(Nc2ccc(F)cc2C(N)=S)CC1. The summed E-state index contributed by atoms with van der Waals surface area (Å²) in [5, 5.41) is 3.48. The van der Waals surface area contributed by atoms with Crippen molar-refractivity contribution in [2.75, 3.05) is 5.32 Å². The van der Waals surface area contributed by atoms with Crippen LogP contribution in [0.2, 0.25) is 0 Å². The Bertz CT molecular complexity index is 461. The Morgan fingerprint density at radius 3 is 2.84 bits per heavy atom. The molecule has 4 heteroatoms. The van der Waals surface area contributed by atoms with E-state index in [2.05, 4.69) is 12.2 Å². The summed E-state index contributed by atoms with van der Waals surface area (Å²) in [5.74, 6) is 0.498. The summed E-state index contributed by atoms with van der Waals surface area (Å²) < 4.78 is 13.3. The normalized spacial score (nSPS) is 23.7. The van der Waals surface area contributed by atoms with Gasteiger partial charge in [0.25, 0.3) is 0 Å². The van der Waals surface area contributed by atoms with Gasteiger partial charge in [-0.25, -0.2) is 4.39 Å². The smallest absolute Gasteiger partial charge is 0.124 e. The number of anilines is 1. The molecule has 2 unspecified atom stereocenters. The maximum atomic E-state index is 13.3. The van der Waals surface area contributed by atoms with E-state index in [1.165, 1.54) is 31.4 Å². The largest absolute Gasteiger partial charge is 0.389 e. The van der Waals surface area contributed by atoms with Crippen molar-refractivity contribution in [1.29, 1.82) is 0 Å². The van der Waals surface area contributed by atoms with Crippen LogP contribution in [0, 0.1) is 11.7 Å². The molecule has 104 valence electrons. The van der Waals surface area contributed by atoms with Gasteiger partial charge in [0.2, 0.25) is 0 Å². The predicted octanol–water partition coefficient (Wildman–Crippen LogP) is 3.84. The summed E-state index contributed by atoms with van der Waals surface area (Å²) in [5.41, 5.74) is 7.13. The van der Waals surface area contributed by atoms with Crippen LogP contribution in [0.1, 0.15) is 44.6 Å². The molecule has 2 atom stereocenters. The van der Waals surface area contributed by atoms with Crippen molar-refractivity contribution in [1.82, 2.24) is 0 Å². The standard InChI is InChI=1S/C15H21FN2S/c1-10-3-2-4-12(7-5-10)18-14-8-6-11(16)9-13(14)15(17)19/h6,8-10,12,18H,2-5,7H2,1H3,(H2,17,19). The number of thiocarbonyl (C=S) groups is 1. The highest BCUT2D eigenvalue weighted by Gasteiger charge is 2.17. The fraction of sp³-hybridized carbons (Fsp3) is 0.533. The first-order valence-corrected chi connectivity index (χ1v) is 7.33. The third-order valence-corrected chi connectivity index (χ3v) is 4.08.